The number of carbonyl (C=O) groups is 2. The van der Waals surface area contributed by atoms with E-state index in [2.05, 4.69) is 0 Å². The highest BCUT2D eigenvalue weighted by Gasteiger charge is 1.96. The summed E-state index contributed by atoms with van der Waals surface area (Å²) in [6.45, 7) is 0.861. The van der Waals surface area contributed by atoms with Crippen LogP contribution in [0.4, 0.5) is 4.39 Å². The highest BCUT2D eigenvalue weighted by molar-refractivity contribution is 5.70. The summed E-state index contributed by atoms with van der Waals surface area (Å²) in [5.74, 6) is -0.786. The van der Waals surface area contributed by atoms with Gasteiger partial charge < -0.3 is 5.11 Å². The number of hydrogen-bond acceptors (Lipinski definition) is 2. The topological polar surface area (TPSA) is 54.4 Å². The van der Waals surface area contributed by atoms with E-state index in [0.29, 0.717) is 0 Å². The van der Waals surface area contributed by atoms with E-state index in [1.807, 2.05) is 18.2 Å². The Balaban J connectivity index is 0.000000364. The zero-order valence-electron chi connectivity index (χ0n) is 7.74. The van der Waals surface area contributed by atoms with Gasteiger partial charge in [-0.05, 0) is 5.56 Å². The molecule has 0 aromatic heterocycles. The van der Waals surface area contributed by atoms with Crippen molar-refractivity contribution in [1.29, 1.82) is 0 Å². The summed E-state index contributed by atoms with van der Waals surface area (Å²) < 4.78 is 10.4. The van der Waals surface area contributed by atoms with Crippen LogP contribution >= 0.6 is 0 Å². The van der Waals surface area contributed by atoms with Gasteiger partial charge >= 0.3 is 5.97 Å². The Labute approximate surface area is 81.2 Å². The Kier molecular flexibility index (Phi) is 5.94. The number of rotatable bonds is 2. The quantitative estimate of drug-likeness (QED) is 0.737. The van der Waals surface area contributed by atoms with E-state index in [1.165, 1.54) is 0 Å². The van der Waals surface area contributed by atoms with Crippen molar-refractivity contribution >= 4 is 12.0 Å². The van der Waals surface area contributed by atoms with Crippen LogP contribution in [0.15, 0.2) is 30.3 Å². The van der Waals surface area contributed by atoms with Gasteiger partial charge in [-0.15, -0.1) is 0 Å². The van der Waals surface area contributed by atoms with Crippen molar-refractivity contribution in [2.75, 3.05) is 0 Å². The lowest BCUT2D eigenvalue weighted by molar-refractivity contribution is -0.136. The first-order valence-electron chi connectivity index (χ1n) is 3.94. The summed E-state index contributed by atoms with van der Waals surface area (Å²) in [5, 5.41) is 8.37. The van der Waals surface area contributed by atoms with Crippen LogP contribution in [0.25, 0.3) is 0 Å². The molecule has 0 bridgehead atoms. The molecule has 0 heterocycles. The Bertz CT molecular complexity index is 291. The fourth-order valence-electron chi connectivity index (χ4n) is 0.770. The standard InChI is InChI=1S/C8H8O2.C2H3FO/c9-8(10)6-7-4-2-1-3-5-7;1-2(3)4/h1-5H,6H2,(H,9,10);1H3. The molecule has 0 aliphatic heterocycles. The van der Waals surface area contributed by atoms with Crippen molar-refractivity contribution in [2.24, 2.45) is 0 Å². The smallest absolute Gasteiger partial charge is 0.307 e. The van der Waals surface area contributed by atoms with Crippen molar-refractivity contribution in [3.05, 3.63) is 35.9 Å². The molecule has 3 nitrogen and oxygen atoms in total. The van der Waals surface area contributed by atoms with Crippen molar-refractivity contribution < 1.29 is 19.1 Å². The molecule has 0 amide bonds. The van der Waals surface area contributed by atoms with Gasteiger partial charge in [-0.1, -0.05) is 30.3 Å². The summed E-state index contributed by atoms with van der Waals surface area (Å²) in [4.78, 5) is 18.9. The average Bonchev–Trinajstić information content (AvgIpc) is 2.03. The largest absolute Gasteiger partial charge is 0.481 e. The zero-order valence-corrected chi connectivity index (χ0v) is 7.74. The Morgan fingerprint density at radius 1 is 1.29 bits per heavy atom. The first kappa shape index (κ1) is 12.3. The van der Waals surface area contributed by atoms with E-state index in [0.717, 1.165) is 12.5 Å². The lowest BCUT2D eigenvalue weighted by Crippen LogP contribution is -1.98. The minimum absolute atomic E-state index is 0.112. The lowest BCUT2D eigenvalue weighted by Gasteiger charge is -1.92. The summed E-state index contributed by atoms with van der Waals surface area (Å²) in [6.07, 6.45) is 0.112. The second-order valence-corrected chi connectivity index (χ2v) is 2.53. The number of benzene rings is 1. The number of carboxylic acids is 1. The molecule has 0 radical (unpaired) electrons. The summed E-state index contributed by atoms with van der Waals surface area (Å²) in [7, 11) is 0. The average molecular weight is 198 g/mol. The molecule has 4 heteroatoms. The molecule has 1 rings (SSSR count). The summed E-state index contributed by atoms with van der Waals surface area (Å²) in [6, 6.07) is 7.80. The summed E-state index contributed by atoms with van der Waals surface area (Å²) >= 11 is 0. The predicted octanol–water partition coefficient (Wildman–Crippen LogP) is 1.82. The van der Waals surface area contributed by atoms with Crippen LogP contribution < -0.4 is 0 Å². The number of halogens is 1. The first-order chi connectivity index (χ1) is 6.52. The van der Waals surface area contributed by atoms with E-state index in [4.69, 9.17) is 9.90 Å². The van der Waals surface area contributed by atoms with Crippen LogP contribution in [0.3, 0.4) is 0 Å². The predicted molar refractivity (Wildman–Crippen MR) is 49.6 cm³/mol. The summed E-state index contributed by atoms with van der Waals surface area (Å²) in [5.41, 5.74) is 0.843. The van der Waals surface area contributed by atoms with Crippen molar-refractivity contribution in [2.45, 2.75) is 13.3 Å². The molecule has 0 spiro atoms. The molecule has 1 N–H and O–H groups in total. The molecule has 0 fully saturated rings. The molecule has 14 heavy (non-hydrogen) atoms. The van der Waals surface area contributed by atoms with Crippen LogP contribution in [-0.4, -0.2) is 17.1 Å². The first-order valence-corrected chi connectivity index (χ1v) is 3.94. The van der Waals surface area contributed by atoms with E-state index < -0.39 is 12.0 Å². The van der Waals surface area contributed by atoms with Crippen LogP contribution in [0, 0.1) is 0 Å². The third-order valence-electron chi connectivity index (χ3n) is 1.20. The van der Waals surface area contributed by atoms with Crippen LogP contribution in [0.5, 0.6) is 0 Å². The van der Waals surface area contributed by atoms with Gasteiger partial charge in [0.15, 0.2) is 0 Å². The Morgan fingerprint density at radius 2 is 1.71 bits per heavy atom. The Hall–Kier alpha value is -1.71. The van der Waals surface area contributed by atoms with Gasteiger partial charge in [0.2, 0.25) is 0 Å². The Morgan fingerprint density at radius 3 is 2.07 bits per heavy atom. The zero-order chi connectivity index (χ0) is 11.0. The van der Waals surface area contributed by atoms with Gasteiger partial charge in [-0.2, -0.15) is 4.39 Å². The molecule has 1 aromatic carbocycles. The normalized spacial score (nSPS) is 8.43. The number of aliphatic carboxylic acids is 1. The minimum Gasteiger partial charge on any atom is -0.481 e. The third-order valence-corrected chi connectivity index (χ3v) is 1.20. The van der Waals surface area contributed by atoms with E-state index in [9.17, 15) is 9.18 Å². The molecule has 0 saturated heterocycles. The molecular formula is C10H11FO3. The second kappa shape index (κ2) is 6.77. The van der Waals surface area contributed by atoms with Gasteiger partial charge in [-0.25, -0.2) is 0 Å². The third kappa shape index (κ3) is 8.39. The number of hydrogen-bond donors (Lipinski definition) is 1. The lowest BCUT2D eigenvalue weighted by atomic mass is 10.2. The van der Waals surface area contributed by atoms with Gasteiger partial charge in [0.1, 0.15) is 0 Å². The molecule has 0 atom stereocenters. The fraction of sp³-hybridized carbons (Fsp3) is 0.200. The van der Waals surface area contributed by atoms with Crippen molar-refractivity contribution in [3.63, 3.8) is 0 Å². The van der Waals surface area contributed by atoms with Crippen LogP contribution in [-0.2, 0) is 16.0 Å². The maximum atomic E-state index is 10.4. The highest BCUT2D eigenvalue weighted by Crippen LogP contribution is 1.98. The molecular weight excluding hydrogens is 187 g/mol. The van der Waals surface area contributed by atoms with E-state index in [1.54, 1.807) is 12.1 Å². The fourth-order valence-corrected chi connectivity index (χ4v) is 0.770. The van der Waals surface area contributed by atoms with Crippen LogP contribution in [0.2, 0.25) is 0 Å². The van der Waals surface area contributed by atoms with Crippen LogP contribution in [0.1, 0.15) is 12.5 Å². The molecule has 0 saturated carbocycles. The van der Waals surface area contributed by atoms with Gasteiger partial charge in [0.05, 0.1) is 6.42 Å². The maximum absolute atomic E-state index is 10.4. The minimum atomic E-state index is -1.33. The van der Waals surface area contributed by atoms with Gasteiger partial charge in [0.25, 0.3) is 6.04 Å². The SMILES string of the molecule is CC(=O)F.O=C(O)Cc1ccccc1. The number of carbonyl (C=O) groups excluding carboxylic acids is 1. The highest BCUT2D eigenvalue weighted by atomic mass is 19.1. The molecule has 76 valence electrons. The number of carboxylic acid groups (broad SMARTS) is 1. The second-order valence-electron chi connectivity index (χ2n) is 2.53. The molecule has 0 unspecified atom stereocenters. The van der Waals surface area contributed by atoms with E-state index in [-0.39, 0.29) is 6.42 Å². The van der Waals surface area contributed by atoms with Crippen molar-refractivity contribution in [3.8, 4) is 0 Å². The van der Waals surface area contributed by atoms with E-state index >= 15 is 0 Å². The molecule has 0 aliphatic carbocycles. The monoisotopic (exact) mass is 198 g/mol. The van der Waals surface area contributed by atoms with Gasteiger partial charge in [-0.3, -0.25) is 9.59 Å². The molecule has 0 aliphatic rings. The maximum Gasteiger partial charge on any atom is 0.307 e. The molecule has 1 aromatic rings. The van der Waals surface area contributed by atoms with Crippen molar-refractivity contribution in [1.82, 2.24) is 0 Å². The van der Waals surface area contributed by atoms with Gasteiger partial charge in [0, 0.05) is 6.92 Å².